The first-order valence-electron chi connectivity index (χ1n) is 9.60. The number of Topliss-reactive ketones (excluding diaryl/α,β-unsaturated/α-hetero) is 2. The quantitative estimate of drug-likeness (QED) is 0.344. The van der Waals surface area contributed by atoms with Crippen LogP contribution in [0.2, 0.25) is 0 Å². The summed E-state index contributed by atoms with van der Waals surface area (Å²) in [6.45, 7) is -0.321. The second kappa shape index (κ2) is 8.23. The summed E-state index contributed by atoms with van der Waals surface area (Å²) in [6.07, 6.45) is 0.885. The van der Waals surface area contributed by atoms with Gasteiger partial charge in [-0.1, -0.05) is 66.7 Å². The van der Waals surface area contributed by atoms with Gasteiger partial charge in [-0.3, -0.25) is 14.4 Å². The Labute approximate surface area is 169 Å². The molecule has 4 nitrogen and oxygen atoms in total. The topological polar surface area (TPSA) is 60.4 Å². The van der Waals surface area contributed by atoms with E-state index in [0.717, 1.165) is 17.5 Å². The van der Waals surface area contributed by atoms with Crippen LogP contribution < -0.4 is 0 Å². The van der Waals surface area contributed by atoms with Gasteiger partial charge in [0.25, 0.3) is 0 Å². The van der Waals surface area contributed by atoms with Crippen molar-refractivity contribution < 1.29 is 19.1 Å². The number of ether oxygens (including phenoxy) is 1. The molecule has 0 N–H and O–H groups in total. The molecule has 3 aromatic carbocycles. The van der Waals surface area contributed by atoms with Crippen molar-refractivity contribution in [3.05, 3.63) is 95.1 Å². The Morgan fingerprint density at radius 3 is 2.24 bits per heavy atom. The van der Waals surface area contributed by atoms with E-state index in [1.165, 1.54) is 11.1 Å². The standard InChI is InChI=1S/C25H20O4/c26-23(17-6-2-1-3-7-17)12-13-25(28)29-16-24(27)20-11-10-19-14-18-8-4-5-9-21(18)22(19)15-20/h1-11,15H,12-14,16H2. The zero-order valence-electron chi connectivity index (χ0n) is 15.9. The maximum atomic E-state index is 12.5. The molecule has 144 valence electrons. The van der Waals surface area contributed by atoms with Gasteiger partial charge in [0, 0.05) is 17.5 Å². The van der Waals surface area contributed by atoms with E-state index in [4.69, 9.17) is 4.74 Å². The minimum absolute atomic E-state index is 0.0431. The lowest BCUT2D eigenvalue weighted by Crippen LogP contribution is -2.15. The minimum atomic E-state index is -0.547. The molecule has 0 unspecified atom stereocenters. The lowest BCUT2D eigenvalue weighted by atomic mass is 10.0. The van der Waals surface area contributed by atoms with Gasteiger partial charge >= 0.3 is 5.97 Å². The average Bonchev–Trinajstić information content (AvgIpc) is 3.14. The predicted octanol–water partition coefficient (Wildman–Crippen LogP) is 4.65. The molecule has 1 aliphatic rings. The van der Waals surface area contributed by atoms with Crippen LogP contribution in [-0.2, 0) is 16.0 Å². The largest absolute Gasteiger partial charge is 0.457 e. The van der Waals surface area contributed by atoms with Gasteiger partial charge in [-0.25, -0.2) is 0 Å². The molecule has 1 aliphatic carbocycles. The first-order chi connectivity index (χ1) is 14.1. The predicted molar refractivity (Wildman–Crippen MR) is 110 cm³/mol. The Bertz CT molecular complexity index is 1080. The SMILES string of the molecule is O=C(CCC(=O)c1ccccc1)OCC(=O)c1ccc2c(c1)-c1ccccc1C2. The molecule has 4 rings (SSSR count). The molecule has 0 aromatic heterocycles. The van der Waals surface area contributed by atoms with Gasteiger partial charge in [0.1, 0.15) is 0 Å². The molecule has 0 atom stereocenters. The van der Waals surface area contributed by atoms with E-state index in [1.54, 1.807) is 30.3 Å². The average molecular weight is 384 g/mol. The Morgan fingerprint density at radius 2 is 1.41 bits per heavy atom. The highest BCUT2D eigenvalue weighted by Gasteiger charge is 2.20. The number of esters is 1. The highest BCUT2D eigenvalue weighted by atomic mass is 16.5. The maximum absolute atomic E-state index is 12.5. The summed E-state index contributed by atoms with van der Waals surface area (Å²) < 4.78 is 5.09. The monoisotopic (exact) mass is 384 g/mol. The van der Waals surface area contributed by atoms with Crippen molar-refractivity contribution in [1.29, 1.82) is 0 Å². The van der Waals surface area contributed by atoms with Crippen molar-refractivity contribution >= 4 is 17.5 Å². The number of carbonyl (C=O) groups is 3. The van der Waals surface area contributed by atoms with Gasteiger partial charge in [-0.2, -0.15) is 0 Å². The fourth-order valence-corrected chi connectivity index (χ4v) is 3.58. The number of carbonyl (C=O) groups excluding carboxylic acids is 3. The van der Waals surface area contributed by atoms with Crippen LogP contribution in [0.5, 0.6) is 0 Å². The molecular weight excluding hydrogens is 364 g/mol. The summed E-state index contributed by atoms with van der Waals surface area (Å²) in [5, 5.41) is 0. The summed E-state index contributed by atoms with van der Waals surface area (Å²) in [5.41, 5.74) is 5.74. The summed E-state index contributed by atoms with van der Waals surface area (Å²) in [4.78, 5) is 36.5. The zero-order chi connectivity index (χ0) is 20.2. The number of benzene rings is 3. The third-order valence-electron chi connectivity index (χ3n) is 5.14. The lowest BCUT2D eigenvalue weighted by Gasteiger charge is -2.07. The van der Waals surface area contributed by atoms with Crippen LogP contribution in [-0.4, -0.2) is 24.1 Å². The third kappa shape index (κ3) is 4.16. The molecule has 29 heavy (non-hydrogen) atoms. The Kier molecular flexibility index (Phi) is 5.34. The van der Waals surface area contributed by atoms with Gasteiger partial charge < -0.3 is 4.74 Å². The maximum Gasteiger partial charge on any atom is 0.306 e. The Balaban J connectivity index is 1.33. The molecular formula is C25H20O4. The molecule has 0 saturated heterocycles. The van der Waals surface area contributed by atoms with Crippen LogP contribution in [0.25, 0.3) is 11.1 Å². The van der Waals surface area contributed by atoms with Crippen LogP contribution in [0, 0.1) is 0 Å². The summed E-state index contributed by atoms with van der Waals surface area (Å²) in [7, 11) is 0. The van der Waals surface area contributed by atoms with E-state index in [0.29, 0.717) is 11.1 Å². The van der Waals surface area contributed by atoms with Crippen LogP contribution in [0.1, 0.15) is 44.7 Å². The van der Waals surface area contributed by atoms with Crippen molar-refractivity contribution in [3.63, 3.8) is 0 Å². The molecule has 4 heteroatoms. The smallest absolute Gasteiger partial charge is 0.306 e. The molecule has 3 aromatic rings. The van der Waals surface area contributed by atoms with Gasteiger partial charge in [-0.05, 0) is 34.7 Å². The van der Waals surface area contributed by atoms with Crippen molar-refractivity contribution in [2.45, 2.75) is 19.3 Å². The van der Waals surface area contributed by atoms with Crippen LogP contribution in [0.15, 0.2) is 72.8 Å². The number of rotatable bonds is 7. The van der Waals surface area contributed by atoms with Crippen LogP contribution in [0.4, 0.5) is 0 Å². The summed E-state index contributed by atoms with van der Waals surface area (Å²) >= 11 is 0. The van der Waals surface area contributed by atoms with Gasteiger partial charge in [0.05, 0.1) is 6.42 Å². The van der Waals surface area contributed by atoms with Gasteiger partial charge in [-0.15, -0.1) is 0 Å². The number of ketones is 2. The molecule has 0 aliphatic heterocycles. The highest BCUT2D eigenvalue weighted by molar-refractivity contribution is 6.00. The fourth-order valence-electron chi connectivity index (χ4n) is 3.58. The molecule has 0 saturated carbocycles. The molecule has 0 amide bonds. The third-order valence-corrected chi connectivity index (χ3v) is 5.14. The number of hydrogen-bond acceptors (Lipinski definition) is 4. The second-order valence-electron chi connectivity index (χ2n) is 7.08. The van der Waals surface area contributed by atoms with Gasteiger partial charge in [0.2, 0.25) is 0 Å². The number of fused-ring (bicyclic) bond motifs is 3. The normalized spacial score (nSPS) is 11.4. The van der Waals surface area contributed by atoms with E-state index in [9.17, 15) is 14.4 Å². The first-order valence-corrected chi connectivity index (χ1v) is 9.60. The summed E-state index contributed by atoms with van der Waals surface area (Å²) in [5.74, 6) is -0.916. The van der Waals surface area contributed by atoms with Crippen molar-refractivity contribution in [2.75, 3.05) is 6.61 Å². The number of hydrogen-bond donors (Lipinski definition) is 0. The van der Waals surface area contributed by atoms with E-state index in [-0.39, 0.29) is 31.0 Å². The second-order valence-corrected chi connectivity index (χ2v) is 7.08. The van der Waals surface area contributed by atoms with E-state index < -0.39 is 5.97 Å². The molecule has 0 fully saturated rings. The molecule has 0 spiro atoms. The van der Waals surface area contributed by atoms with E-state index in [1.807, 2.05) is 30.3 Å². The molecule has 0 bridgehead atoms. The lowest BCUT2D eigenvalue weighted by molar-refractivity contribution is -0.142. The van der Waals surface area contributed by atoms with E-state index in [2.05, 4.69) is 12.1 Å². The summed E-state index contributed by atoms with van der Waals surface area (Å²) in [6, 6.07) is 22.6. The molecule has 0 radical (unpaired) electrons. The van der Waals surface area contributed by atoms with Crippen LogP contribution >= 0.6 is 0 Å². The fraction of sp³-hybridized carbons (Fsp3) is 0.160. The highest BCUT2D eigenvalue weighted by Crippen LogP contribution is 2.36. The Hall–Kier alpha value is -3.53. The first kappa shape index (κ1) is 18.8. The minimum Gasteiger partial charge on any atom is -0.457 e. The van der Waals surface area contributed by atoms with Crippen molar-refractivity contribution in [1.82, 2.24) is 0 Å². The van der Waals surface area contributed by atoms with Crippen LogP contribution in [0.3, 0.4) is 0 Å². The van der Waals surface area contributed by atoms with Crippen molar-refractivity contribution in [2.24, 2.45) is 0 Å². The van der Waals surface area contributed by atoms with Gasteiger partial charge in [0.15, 0.2) is 18.2 Å². The van der Waals surface area contributed by atoms with Crippen molar-refractivity contribution in [3.8, 4) is 11.1 Å². The molecule has 0 heterocycles. The van der Waals surface area contributed by atoms with E-state index >= 15 is 0 Å². The Morgan fingerprint density at radius 1 is 0.690 bits per heavy atom. The zero-order valence-corrected chi connectivity index (χ0v) is 15.9.